The first-order valence-electron chi connectivity index (χ1n) is 4.74. The summed E-state index contributed by atoms with van der Waals surface area (Å²) >= 11 is 0. The summed E-state index contributed by atoms with van der Waals surface area (Å²) < 4.78 is 13.4. The standard InChI is InChI=1S/C10H8FNO4/c11-6-4-8(14)10(12(15)16)5-2-1-3-7(13)9(5)6/h4,14H,1-3H2. The van der Waals surface area contributed by atoms with Crippen LogP contribution in [-0.2, 0) is 6.42 Å². The molecule has 1 aromatic rings. The Hall–Kier alpha value is -1.98. The molecule has 0 fully saturated rings. The van der Waals surface area contributed by atoms with Gasteiger partial charge in [0.1, 0.15) is 5.82 Å². The number of ketones is 1. The molecule has 1 aromatic carbocycles. The Morgan fingerprint density at radius 1 is 1.44 bits per heavy atom. The number of nitrogens with zero attached hydrogens (tertiary/aromatic N) is 1. The third kappa shape index (κ3) is 1.42. The number of phenolic OH excluding ortho intramolecular Hbond substituents is 1. The van der Waals surface area contributed by atoms with E-state index in [1.807, 2.05) is 0 Å². The van der Waals surface area contributed by atoms with Gasteiger partial charge >= 0.3 is 5.69 Å². The largest absolute Gasteiger partial charge is 0.502 e. The van der Waals surface area contributed by atoms with E-state index in [9.17, 15) is 24.4 Å². The van der Waals surface area contributed by atoms with Crippen LogP contribution in [0.25, 0.3) is 0 Å². The first kappa shape index (κ1) is 10.5. The van der Waals surface area contributed by atoms with E-state index in [2.05, 4.69) is 0 Å². The lowest BCUT2D eigenvalue weighted by Gasteiger charge is -2.15. The fourth-order valence-corrected chi connectivity index (χ4v) is 1.98. The summed E-state index contributed by atoms with van der Waals surface area (Å²) in [6.07, 6.45) is 0.865. The van der Waals surface area contributed by atoms with Crippen LogP contribution >= 0.6 is 0 Å². The number of aromatic hydroxyl groups is 1. The number of nitro benzene ring substituents is 1. The van der Waals surface area contributed by atoms with Gasteiger partial charge in [0.15, 0.2) is 11.5 Å². The van der Waals surface area contributed by atoms with Crippen LogP contribution in [-0.4, -0.2) is 15.8 Å². The Morgan fingerprint density at radius 3 is 2.75 bits per heavy atom. The fourth-order valence-electron chi connectivity index (χ4n) is 1.98. The molecule has 6 heteroatoms. The van der Waals surface area contributed by atoms with Crippen LogP contribution < -0.4 is 0 Å². The summed E-state index contributed by atoms with van der Waals surface area (Å²) in [6, 6.07) is 0.625. The van der Waals surface area contributed by atoms with Gasteiger partial charge in [-0.25, -0.2) is 4.39 Å². The topological polar surface area (TPSA) is 80.4 Å². The van der Waals surface area contributed by atoms with Gasteiger partial charge < -0.3 is 5.11 Å². The monoisotopic (exact) mass is 225 g/mol. The fraction of sp³-hybridized carbons (Fsp3) is 0.300. The molecule has 5 nitrogen and oxygen atoms in total. The average molecular weight is 225 g/mol. The molecule has 84 valence electrons. The zero-order valence-corrected chi connectivity index (χ0v) is 8.20. The molecule has 0 heterocycles. The zero-order chi connectivity index (χ0) is 11.9. The molecular formula is C10H8FNO4. The number of nitro groups is 1. The number of rotatable bonds is 1. The highest BCUT2D eigenvalue weighted by Crippen LogP contribution is 2.37. The first-order chi connectivity index (χ1) is 7.52. The Balaban J connectivity index is 2.77. The van der Waals surface area contributed by atoms with Crippen molar-refractivity contribution >= 4 is 11.5 Å². The Morgan fingerprint density at radius 2 is 2.12 bits per heavy atom. The average Bonchev–Trinajstić information content (AvgIpc) is 2.15. The molecule has 0 atom stereocenters. The lowest BCUT2D eigenvalue weighted by atomic mass is 9.88. The maximum atomic E-state index is 13.4. The first-order valence-corrected chi connectivity index (χ1v) is 4.74. The van der Waals surface area contributed by atoms with Gasteiger partial charge in [-0.1, -0.05) is 0 Å². The minimum atomic E-state index is -0.886. The molecular weight excluding hydrogens is 217 g/mol. The molecule has 0 aliphatic heterocycles. The van der Waals surface area contributed by atoms with Crippen LogP contribution in [0.5, 0.6) is 5.75 Å². The molecule has 1 aliphatic rings. The minimum Gasteiger partial charge on any atom is -0.502 e. The molecule has 1 aliphatic carbocycles. The van der Waals surface area contributed by atoms with Gasteiger partial charge in [-0.3, -0.25) is 14.9 Å². The van der Waals surface area contributed by atoms with Gasteiger partial charge in [-0.05, 0) is 12.8 Å². The molecule has 2 rings (SSSR count). The van der Waals surface area contributed by atoms with E-state index in [1.165, 1.54) is 0 Å². The van der Waals surface area contributed by atoms with Crippen molar-refractivity contribution in [2.45, 2.75) is 19.3 Å². The number of fused-ring (bicyclic) bond motifs is 1. The van der Waals surface area contributed by atoms with E-state index in [0.29, 0.717) is 12.5 Å². The van der Waals surface area contributed by atoms with E-state index in [4.69, 9.17) is 0 Å². The second-order valence-corrected chi connectivity index (χ2v) is 3.61. The second kappa shape index (κ2) is 3.55. The predicted octanol–water partition coefficient (Wildman–Crippen LogP) is 1.96. The molecule has 0 amide bonds. The number of carbonyl (C=O) groups is 1. The Kier molecular flexibility index (Phi) is 2.34. The number of benzene rings is 1. The van der Waals surface area contributed by atoms with Crippen molar-refractivity contribution in [3.05, 3.63) is 33.1 Å². The number of hydrogen-bond donors (Lipinski definition) is 1. The summed E-state index contributed by atoms with van der Waals surface area (Å²) in [5.41, 5.74) is -0.779. The van der Waals surface area contributed by atoms with Gasteiger partial charge in [-0.15, -0.1) is 0 Å². The summed E-state index contributed by atoms with van der Waals surface area (Å²) in [7, 11) is 0. The maximum Gasteiger partial charge on any atom is 0.314 e. The van der Waals surface area contributed by atoms with Crippen LogP contribution in [0, 0.1) is 15.9 Å². The Bertz CT molecular complexity index is 478. The summed E-state index contributed by atoms with van der Waals surface area (Å²) in [6.45, 7) is 0. The van der Waals surface area contributed by atoms with E-state index < -0.39 is 28.0 Å². The highest BCUT2D eigenvalue weighted by Gasteiger charge is 2.31. The molecule has 0 bridgehead atoms. The lowest BCUT2D eigenvalue weighted by Crippen LogP contribution is -2.15. The highest BCUT2D eigenvalue weighted by molar-refractivity contribution is 6.00. The van der Waals surface area contributed by atoms with E-state index >= 15 is 0 Å². The van der Waals surface area contributed by atoms with E-state index in [-0.39, 0.29) is 24.0 Å². The third-order valence-corrected chi connectivity index (χ3v) is 2.62. The van der Waals surface area contributed by atoms with Crippen molar-refractivity contribution in [3.8, 4) is 5.75 Å². The van der Waals surface area contributed by atoms with Crippen LogP contribution in [0.15, 0.2) is 6.07 Å². The lowest BCUT2D eigenvalue weighted by molar-refractivity contribution is -0.386. The number of Topliss-reactive ketones (excluding diaryl/α,β-unsaturated/α-hetero) is 1. The van der Waals surface area contributed by atoms with E-state index in [1.54, 1.807) is 0 Å². The van der Waals surface area contributed by atoms with Gasteiger partial charge in [0.25, 0.3) is 0 Å². The Labute approximate surface area is 89.7 Å². The zero-order valence-electron chi connectivity index (χ0n) is 8.20. The summed E-state index contributed by atoms with van der Waals surface area (Å²) in [4.78, 5) is 21.4. The quantitative estimate of drug-likeness (QED) is 0.585. The van der Waals surface area contributed by atoms with Crippen LogP contribution in [0.1, 0.15) is 28.8 Å². The summed E-state index contributed by atoms with van der Waals surface area (Å²) in [5, 5.41) is 20.0. The SMILES string of the molecule is O=C1CCCc2c1c(F)cc(O)c2[N+](=O)[O-]. The number of hydrogen-bond acceptors (Lipinski definition) is 4. The van der Waals surface area contributed by atoms with Crippen molar-refractivity contribution < 1.29 is 19.2 Å². The second-order valence-electron chi connectivity index (χ2n) is 3.61. The van der Waals surface area contributed by atoms with Crippen LogP contribution in [0.4, 0.5) is 10.1 Å². The van der Waals surface area contributed by atoms with Crippen molar-refractivity contribution in [3.63, 3.8) is 0 Å². The normalized spacial score (nSPS) is 14.7. The maximum absolute atomic E-state index is 13.4. The van der Waals surface area contributed by atoms with Crippen LogP contribution in [0.3, 0.4) is 0 Å². The van der Waals surface area contributed by atoms with Gasteiger partial charge in [0, 0.05) is 18.1 Å². The smallest absolute Gasteiger partial charge is 0.314 e. The molecule has 0 aromatic heterocycles. The van der Waals surface area contributed by atoms with Gasteiger partial charge in [-0.2, -0.15) is 0 Å². The third-order valence-electron chi connectivity index (χ3n) is 2.62. The van der Waals surface area contributed by atoms with Crippen LogP contribution in [0.2, 0.25) is 0 Å². The number of halogens is 1. The minimum absolute atomic E-state index is 0.0127. The molecule has 0 saturated heterocycles. The van der Waals surface area contributed by atoms with Crippen molar-refractivity contribution in [2.24, 2.45) is 0 Å². The molecule has 0 spiro atoms. The molecule has 0 saturated carbocycles. The van der Waals surface area contributed by atoms with Crippen molar-refractivity contribution in [1.29, 1.82) is 0 Å². The van der Waals surface area contributed by atoms with Crippen molar-refractivity contribution in [1.82, 2.24) is 0 Å². The highest BCUT2D eigenvalue weighted by atomic mass is 19.1. The molecule has 0 unspecified atom stereocenters. The van der Waals surface area contributed by atoms with Gasteiger partial charge in [0.05, 0.1) is 10.5 Å². The number of phenols is 1. The summed E-state index contributed by atoms with van der Waals surface area (Å²) in [5.74, 6) is -2.05. The number of carbonyl (C=O) groups excluding carboxylic acids is 1. The van der Waals surface area contributed by atoms with Crippen molar-refractivity contribution in [2.75, 3.05) is 0 Å². The van der Waals surface area contributed by atoms with Gasteiger partial charge in [0.2, 0.25) is 0 Å². The molecule has 1 N–H and O–H groups in total. The predicted molar refractivity (Wildman–Crippen MR) is 52.0 cm³/mol. The molecule has 16 heavy (non-hydrogen) atoms. The van der Waals surface area contributed by atoms with E-state index in [0.717, 1.165) is 0 Å². The molecule has 0 radical (unpaired) electrons.